The van der Waals surface area contributed by atoms with Crippen molar-refractivity contribution in [1.29, 1.82) is 0 Å². The van der Waals surface area contributed by atoms with Gasteiger partial charge in [0.25, 0.3) is 0 Å². The van der Waals surface area contributed by atoms with Crippen LogP contribution in [-0.2, 0) is 4.79 Å². The van der Waals surface area contributed by atoms with Crippen molar-refractivity contribution in [3.8, 4) is 22.6 Å². The first-order chi connectivity index (χ1) is 14.2. The van der Waals surface area contributed by atoms with E-state index < -0.39 is 0 Å². The molecule has 0 bridgehead atoms. The number of amides is 1. The molecule has 2 aromatic heterocycles. The minimum absolute atomic E-state index is 0.00577. The van der Waals surface area contributed by atoms with E-state index in [4.69, 9.17) is 4.98 Å². The second kappa shape index (κ2) is 7.24. The van der Waals surface area contributed by atoms with Gasteiger partial charge in [0.2, 0.25) is 5.91 Å². The zero-order chi connectivity index (χ0) is 19.8. The van der Waals surface area contributed by atoms with E-state index in [2.05, 4.69) is 25.2 Å². The Kier molecular flexibility index (Phi) is 4.42. The van der Waals surface area contributed by atoms with Crippen LogP contribution >= 0.6 is 0 Å². The molecule has 3 heterocycles. The van der Waals surface area contributed by atoms with E-state index in [9.17, 15) is 4.79 Å². The molecule has 1 saturated carbocycles. The number of benzene rings is 1. The van der Waals surface area contributed by atoms with Gasteiger partial charge in [0.15, 0.2) is 11.6 Å². The maximum Gasteiger partial charge on any atom is 0.246 e. The molecule has 1 unspecified atom stereocenters. The van der Waals surface area contributed by atoms with Crippen LogP contribution in [0, 0.1) is 0 Å². The summed E-state index contributed by atoms with van der Waals surface area (Å²) in [6.07, 6.45) is 9.53. The second-order valence-electron chi connectivity index (χ2n) is 7.59. The average Bonchev–Trinajstić information content (AvgIpc) is 3.29. The first-order valence-electron chi connectivity index (χ1n) is 10.0. The number of hydrogen-bond acceptors (Lipinski definition) is 6. The molecule has 5 rings (SSSR count). The second-order valence-corrected chi connectivity index (χ2v) is 7.59. The highest BCUT2D eigenvalue weighted by Gasteiger charge is 2.37. The maximum absolute atomic E-state index is 12.5. The van der Waals surface area contributed by atoms with Gasteiger partial charge in [-0.05, 0) is 19.8 Å². The number of nitrogens with zero attached hydrogens (tertiary/aromatic N) is 5. The van der Waals surface area contributed by atoms with Gasteiger partial charge in [0, 0.05) is 17.8 Å². The Hall–Kier alpha value is -3.35. The highest BCUT2D eigenvalue weighted by Crippen LogP contribution is 2.38. The SMILES string of the molecule is CC1C(=O)Nc2cnc(-c3cncnc3-c3ccccc3)nc2N1C1CCCC1. The van der Waals surface area contributed by atoms with Gasteiger partial charge in [-0.25, -0.2) is 19.9 Å². The van der Waals surface area contributed by atoms with Crippen LogP contribution in [0.25, 0.3) is 22.6 Å². The number of aromatic nitrogens is 4. The summed E-state index contributed by atoms with van der Waals surface area (Å²) in [5, 5.41) is 2.95. The fraction of sp³-hybridized carbons (Fsp3) is 0.318. The van der Waals surface area contributed by atoms with Gasteiger partial charge >= 0.3 is 0 Å². The summed E-state index contributed by atoms with van der Waals surface area (Å²) in [7, 11) is 0. The predicted molar refractivity (Wildman–Crippen MR) is 111 cm³/mol. The molecule has 0 saturated heterocycles. The highest BCUT2D eigenvalue weighted by atomic mass is 16.2. The van der Waals surface area contributed by atoms with Crippen molar-refractivity contribution in [3.05, 3.63) is 49.1 Å². The van der Waals surface area contributed by atoms with E-state index in [1.807, 2.05) is 37.3 Å². The summed E-state index contributed by atoms with van der Waals surface area (Å²) in [6, 6.07) is 10.0. The quantitative estimate of drug-likeness (QED) is 0.739. The van der Waals surface area contributed by atoms with Crippen LogP contribution < -0.4 is 10.2 Å². The van der Waals surface area contributed by atoms with Crippen molar-refractivity contribution in [2.24, 2.45) is 0 Å². The fourth-order valence-corrected chi connectivity index (χ4v) is 4.33. The van der Waals surface area contributed by atoms with Crippen LogP contribution in [0.3, 0.4) is 0 Å². The van der Waals surface area contributed by atoms with Crippen molar-refractivity contribution in [1.82, 2.24) is 19.9 Å². The lowest BCUT2D eigenvalue weighted by atomic mass is 10.1. The van der Waals surface area contributed by atoms with Crippen LogP contribution in [0.2, 0.25) is 0 Å². The summed E-state index contributed by atoms with van der Waals surface area (Å²) < 4.78 is 0. The van der Waals surface area contributed by atoms with Gasteiger partial charge in [0.05, 0.1) is 17.5 Å². The van der Waals surface area contributed by atoms with E-state index >= 15 is 0 Å². The van der Waals surface area contributed by atoms with Crippen LogP contribution in [-0.4, -0.2) is 37.9 Å². The number of rotatable bonds is 3. The van der Waals surface area contributed by atoms with Crippen molar-refractivity contribution < 1.29 is 4.79 Å². The molecule has 146 valence electrons. The molecule has 1 aliphatic heterocycles. The molecule has 29 heavy (non-hydrogen) atoms. The Morgan fingerprint density at radius 1 is 1.07 bits per heavy atom. The zero-order valence-corrected chi connectivity index (χ0v) is 16.2. The third kappa shape index (κ3) is 3.12. The minimum atomic E-state index is -0.256. The number of carbonyl (C=O) groups excluding carboxylic acids is 1. The Bertz CT molecular complexity index is 1050. The summed E-state index contributed by atoms with van der Waals surface area (Å²) in [5.74, 6) is 1.35. The van der Waals surface area contributed by atoms with Gasteiger partial charge in [-0.3, -0.25) is 4.79 Å². The van der Waals surface area contributed by atoms with E-state index in [0.717, 1.165) is 35.5 Å². The Morgan fingerprint density at radius 3 is 2.66 bits per heavy atom. The standard InChI is InChI=1S/C22H22N6O/c1-14-22(29)26-18-12-24-20(27-21(18)28(14)16-9-5-6-10-16)17-11-23-13-25-19(17)15-7-3-2-4-8-15/h2-4,7-8,11-14,16H,5-6,9-10H2,1H3,(H,26,29). The number of nitrogens with one attached hydrogen (secondary N) is 1. The first-order valence-corrected chi connectivity index (χ1v) is 10.0. The van der Waals surface area contributed by atoms with Gasteiger partial charge < -0.3 is 10.2 Å². The zero-order valence-electron chi connectivity index (χ0n) is 16.2. The summed E-state index contributed by atoms with van der Waals surface area (Å²) in [4.78, 5) is 32.8. The molecule has 1 N–H and O–H groups in total. The largest absolute Gasteiger partial charge is 0.340 e. The monoisotopic (exact) mass is 386 g/mol. The molecule has 0 spiro atoms. The number of fused-ring (bicyclic) bond motifs is 1. The molecule has 7 nitrogen and oxygen atoms in total. The molecule has 7 heteroatoms. The molecular formula is C22H22N6O. The lowest BCUT2D eigenvalue weighted by molar-refractivity contribution is -0.117. The third-order valence-electron chi connectivity index (χ3n) is 5.79. The van der Waals surface area contributed by atoms with Gasteiger partial charge in [-0.15, -0.1) is 0 Å². The number of carbonyl (C=O) groups is 1. The van der Waals surface area contributed by atoms with E-state index in [1.165, 1.54) is 19.2 Å². The van der Waals surface area contributed by atoms with Crippen LogP contribution in [0.4, 0.5) is 11.5 Å². The van der Waals surface area contributed by atoms with E-state index in [-0.39, 0.29) is 11.9 Å². The maximum atomic E-state index is 12.5. The lowest BCUT2D eigenvalue weighted by Crippen LogP contribution is -2.51. The van der Waals surface area contributed by atoms with Crippen molar-refractivity contribution in [2.75, 3.05) is 10.2 Å². The molecule has 1 atom stereocenters. The Labute approximate surface area is 169 Å². The van der Waals surface area contributed by atoms with Crippen LogP contribution in [0.5, 0.6) is 0 Å². The third-order valence-corrected chi connectivity index (χ3v) is 5.79. The van der Waals surface area contributed by atoms with Crippen molar-refractivity contribution in [3.63, 3.8) is 0 Å². The smallest absolute Gasteiger partial charge is 0.246 e. The number of anilines is 2. The molecule has 1 aliphatic carbocycles. The van der Waals surface area contributed by atoms with Crippen molar-refractivity contribution in [2.45, 2.75) is 44.7 Å². The van der Waals surface area contributed by atoms with Gasteiger partial charge in [-0.1, -0.05) is 43.2 Å². The normalized spacial score (nSPS) is 19.1. The van der Waals surface area contributed by atoms with Crippen LogP contribution in [0.1, 0.15) is 32.6 Å². The number of hydrogen-bond donors (Lipinski definition) is 1. The summed E-state index contributed by atoms with van der Waals surface area (Å²) in [6.45, 7) is 1.94. The summed E-state index contributed by atoms with van der Waals surface area (Å²) in [5.41, 5.74) is 3.22. The summed E-state index contributed by atoms with van der Waals surface area (Å²) >= 11 is 0. The molecule has 1 fully saturated rings. The van der Waals surface area contributed by atoms with Gasteiger partial charge in [0.1, 0.15) is 18.1 Å². The molecule has 2 aliphatic rings. The topological polar surface area (TPSA) is 83.9 Å². The predicted octanol–water partition coefficient (Wildman–Crippen LogP) is 3.69. The molecule has 3 aromatic rings. The molecule has 0 radical (unpaired) electrons. The molecular weight excluding hydrogens is 364 g/mol. The van der Waals surface area contributed by atoms with E-state index in [0.29, 0.717) is 17.6 Å². The molecule has 1 aromatic carbocycles. The lowest BCUT2D eigenvalue weighted by Gasteiger charge is -2.39. The Balaban J connectivity index is 1.62. The van der Waals surface area contributed by atoms with Gasteiger partial charge in [-0.2, -0.15) is 0 Å². The Morgan fingerprint density at radius 2 is 1.86 bits per heavy atom. The minimum Gasteiger partial charge on any atom is -0.340 e. The highest BCUT2D eigenvalue weighted by molar-refractivity contribution is 6.02. The fourth-order valence-electron chi connectivity index (χ4n) is 4.33. The average molecular weight is 386 g/mol. The van der Waals surface area contributed by atoms with Crippen molar-refractivity contribution >= 4 is 17.4 Å². The van der Waals surface area contributed by atoms with E-state index in [1.54, 1.807) is 12.4 Å². The first kappa shape index (κ1) is 17.7. The van der Waals surface area contributed by atoms with Crippen LogP contribution in [0.15, 0.2) is 49.1 Å². The molecule has 1 amide bonds.